The highest BCUT2D eigenvalue weighted by Gasteiger charge is 2.23. The molecule has 0 aliphatic heterocycles. The Morgan fingerprint density at radius 1 is 1.30 bits per heavy atom. The van der Waals surface area contributed by atoms with E-state index in [0.29, 0.717) is 11.3 Å². The summed E-state index contributed by atoms with van der Waals surface area (Å²) >= 11 is 12.1. The van der Waals surface area contributed by atoms with Crippen molar-refractivity contribution in [3.05, 3.63) is 67.9 Å². The molecule has 0 fully saturated rings. The van der Waals surface area contributed by atoms with Crippen molar-refractivity contribution in [1.29, 1.82) is 5.26 Å². The summed E-state index contributed by atoms with van der Waals surface area (Å²) in [6, 6.07) is 9.54. The molecule has 0 N–H and O–H groups in total. The summed E-state index contributed by atoms with van der Waals surface area (Å²) in [5.74, 6) is -0.781. The van der Waals surface area contributed by atoms with Gasteiger partial charge < -0.3 is 0 Å². The number of nitrogens with zero attached hydrogens (tertiary/aromatic N) is 3. The van der Waals surface area contributed by atoms with Crippen LogP contribution in [0.5, 0.6) is 0 Å². The maximum absolute atomic E-state index is 10.7. The first-order chi connectivity index (χ1) is 9.54. The second-order valence-electron chi connectivity index (χ2n) is 3.90. The number of non-ortho nitro benzene ring substituents is 1. The van der Waals surface area contributed by atoms with E-state index in [2.05, 4.69) is 11.1 Å². The van der Waals surface area contributed by atoms with E-state index in [-0.39, 0.29) is 15.7 Å². The summed E-state index contributed by atoms with van der Waals surface area (Å²) in [7, 11) is 0. The third-order valence-corrected chi connectivity index (χ3v) is 3.30. The van der Waals surface area contributed by atoms with Gasteiger partial charge in [0.15, 0.2) is 0 Å². The van der Waals surface area contributed by atoms with Crippen LogP contribution in [0.1, 0.15) is 17.2 Å². The molecule has 1 atom stereocenters. The van der Waals surface area contributed by atoms with Gasteiger partial charge in [0, 0.05) is 23.9 Å². The highest BCUT2D eigenvalue weighted by atomic mass is 35.5. The highest BCUT2D eigenvalue weighted by Crippen LogP contribution is 2.37. The van der Waals surface area contributed by atoms with Gasteiger partial charge in [0.05, 0.1) is 26.7 Å². The normalized spacial score (nSPS) is 11.7. The van der Waals surface area contributed by atoms with Gasteiger partial charge in [-0.15, -0.1) is 0 Å². The average Bonchev–Trinajstić information content (AvgIpc) is 2.43. The Hall–Kier alpha value is -2.16. The number of nitriles is 1. The number of rotatable bonds is 3. The van der Waals surface area contributed by atoms with Gasteiger partial charge in [0.2, 0.25) is 0 Å². The van der Waals surface area contributed by atoms with E-state index >= 15 is 0 Å². The molecular weight excluding hydrogens is 301 g/mol. The maximum atomic E-state index is 10.7. The summed E-state index contributed by atoms with van der Waals surface area (Å²) in [6.45, 7) is 0. The minimum absolute atomic E-state index is 0.0707. The molecule has 0 spiro atoms. The zero-order chi connectivity index (χ0) is 14.7. The first kappa shape index (κ1) is 14.3. The van der Waals surface area contributed by atoms with E-state index in [1.807, 2.05) is 0 Å². The predicted molar refractivity (Wildman–Crippen MR) is 74.8 cm³/mol. The quantitative estimate of drug-likeness (QED) is 0.635. The van der Waals surface area contributed by atoms with Crippen molar-refractivity contribution in [3.63, 3.8) is 0 Å². The summed E-state index contributed by atoms with van der Waals surface area (Å²) < 4.78 is 0. The first-order valence-electron chi connectivity index (χ1n) is 5.48. The Morgan fingerprint density at radius 2 is 1.95 bits per heavy atom. The predicted octanol–water partition coefficient (Wildman–Crippen LogP) is 3.95. The molecule has 0 bridgehead atoms. The summed E-state index contributed by atoms with van der Waals surface area (Å²) in [5, 5.41) is 20.2. The fraction of sp³-hybridized carbons (Fsp3) is 0.0769. The fourth-order valence-corrected chi connectivity index (χ4v) is 2.47. The molecule has 1 aromatic carbocycles. The van der Waals surface area contributed by atoms with Crippen LogP contribution in [-0.2, 0) is 0 Å². The van der Waals surface area contributed by atoms with Crippen molar-refractivity contribution in [1.82, 2.24) is 4.98 Å². The number of benzene rings is 1. The molecule has 2 aromatic rings. The average molecular weight is 308 g/mol. The van der Waals surface area contributed by atoms with E-state index in [9.17, 15) is 15.4 Å². The standard InChI is InChI=1S/C13H7Cl2N3O2/c14-10-5-8(18(19)20)6-11(15)13(10)9(7-16)12-3-1-2-4-17-12/h1-6,9H. The van der Waals surface area contributed by atoms with Crippen LogP contribution in [0.15, 0.2) is 36.5 Å². The molecule has 1 aromatic heterocycles. The Morgan fingerprint density at radius 3 is 2.40 bits per heavy atom. The van der Waals surface area contributed by atoms with Gasteiger partial charge >= 0.3 is 0 Å². The Balaban J connectivity index is 2.57. The fourth-order valence-electron chi connectivity index (χ4n) is 1.78. The lowest BCUT2D eigenvalue weighted by Gasteiger charge is -2.12. The van der Waals surface area contributed by atoms with Crippen molar-refractivity contribution >= 4 is 28.9 Å². The van der Waals surface area contributed by atoms with E-state index < -0.39 is 10.8 Å². The Labute approximate surface area is 124 Å². The van der Waals surface area contributed by atoms with Crippen LogP contribution in [0.4, 0.5) is 5.69 Å². The van der Waals surface area contributed by atoms with Crippen molar-refractivity contribution in [2.75, 3.05) is 0 Å². The number of hydrogen-bond acceptors (Lipinski definition) is 4. The molecule has 5 nitrogen and oxygen atoms in total. The second kappa shape index (κ2) is 5.87. The van der Waals surface area contributed by atoms with Gasteiger partial charge in [-0.25, -0.2) is 0 Å². The zero-order valence-electron chi connectivity index (χ0n) is 9.96. The van der Waals surface area contributed by atoms with E-state index in [1.165, 1.54) is 12.1 Å². The topological polar surface area (TPSA) is 79.8 Å². The van der Waals surface area contributed by atoms with Crippen LogP contribution in [0.3, 0.4) is 0 Å². The molecule has 1 heterocycles. The molecule has 0 aliphatic rings. The van der Waals surface area contributed by atoms with Crippen molar-refractivity contribution in [2.45, 2.75) is 5.92 Å². The largest absolute Gasteiger partial charge is 0.272 e. The summed E-state index contributed by atoms with van der Waals surface area (Å²) in [6.07, 6.45) is 1.55. The number of nitro benzene ring substituents is 1. The summed E-state index contributed by atoms with van der Waals surface area (Å²) in [4.78, 5) is 14.2. The highest BCUT2D eigenvalue weighted by molar-refractivity contribution is 6.36. The van der Waals surface area contributed by atoms with E-state index in [0.717, 1.165) is 0 Å². The molecule has 0 saturated heterocycles. The molecule has 0 saturated carbocycles. The third-order valence-electron chi connectivity index (χ3n) is 2.68. The van der Waals surface area contributed by atoms with Gasteiger partial charge in [0.1, 0.15) is 5.92 Å². The van der Waals surface area contributed by atoms with Gasteiger partial charge in [-0.1, -0.05) is 29.3 Å². The third kappa shape index (κ3) is 2.72. The maximum Gasteiger partial charge on any atom is 0.272 e. The van der Waals surface area contributed by atoms with Gasteiger partial charge in [-0.2, -0.15) is 5.26 Å². The number of hydrogen-bond donors (Lipinski definition) is 0. The van der Waals surface area contributed by atoms with Crippen molar-refractivity contribution in [3.8, 4) is 6.07 Å². The van der Waals surface area contributed by atoms with E-state index in [1.54, 1.807) is 24.4 Å². The number of pyridine rings is 1. The van der Waals surface area contributed by atoms with Crippen LogP contribution in [0.2, 0.25) is 10.0 Å². The molecule has 0 aliphatic carbocycles. The molecular formula is C13H7Cl2N3O2. The lowest BCUT2D eigenvalue weighted by molar-refractivity contribution is -0.384. The number of nitro groups is 1. The SMILES string of the molecule is N#CC(c1ccccn1)c1c(Cl)cc([N+](=O)[O-])cc1Cl. The molecule has 100 valence electrons. The van der Waals surface area contributed by atoms with Crippen LogP contribution >= 0.6 is 23.2 Å². The lowest BCUT2D eigenvalue weighted by Crippen LogP contribution is -2.03. The molecule has 2 rings (SSSR count). The van der Waals surface area contributed by atoms with Crippen LogP contribution in [-0.4, -0.2) is 9.91 Å². The molecule has 0 amide bonds. The number of halogens is 2. The monoisotopic (exact) mass is 307 g/mol. The van der Waals surface area contributed by atoms with Crippen LogP contribution in [0.25, 0.3) is 0 Å². The second-order valence-corrected chi connectivity index (χ2v) is 4.71. The molecule has 1 unspecified atom stereocenters. The van der Waals surface area contributed by atoms with Gasteiger partial charge in [-0.05, 0) is 12.1 Å². The Bertz CT molecular complexity index is 676. The summed E-state index contributed by atoms with van der Waals surface area (Å²) in [5.41, 5.74) is 0.578. The Kier molecular flexibility index (Phi) is 4.18. The molecule has 20 heavy (non-hydrogen) atoms. The van der Waals surface area contributed by atoms with Gasteiger partial charge in [-0.3, -0.25) is 15.1 Å². The number of aromatic nitrogens is 1. The lowest BCUT2D eigenvalue weighted by atomic mass is 9.96. The van der Waals surface area contributed by atoms with Crippen LogP contribution < -0.4 is 0 Å². The first-order valence-corrected chi connectivity index (χ1v) is 6.24. The smallest absolute Gasteiger partial charge is 0.260 e. The van der Waals surface area contributed by atoms with Crippen LogP contribution in [0, 0.1) is 21.4 Å². The van der Waals surface area contributed by atoms with Crippen molar-refractivity contribution in [2.24, 2.45) is 0 Å². The molecule has 7 heteroatoms. The minimum atomic E-state index is -0.781. The zero-order valence-corrected chi connectivity index (χ0v) is 11.5. The van der Waals surface area contributed by atoms with Crippen molar-refractivity contribution < 1.29 is 4.92 Å². The van der Waals surface area contributed by atoms with E-state index in [4.69, 9.17) is 23.2 Å². The minimum Gasteiger partial charge on any atom is -0.260 e. The van der Waals surface area contributed by atoms with Gasteiger partial charge in [0.25, 0.3) is 5.69 Å². The molecule has 0 radical (unpaired) electrons.